The number of hydrazine groups is 1. The monoisotopic (exact) mass is 418 g/mol. The van der Waals surface area contributed by atoms with E-state index >= 15 is 0 Å². The Hall–Kier alpha value is -3.06. The molecule has 0 aliphatic rings. The molecule has 0 spiro atoms. The molecule has 2 amide bonds. The second-order valence-electron chi connectivity index (χ2n) is 7.23. The second-order valence-corrected chi connectivity index (χ2v) is 7.67. The van der Waals surface area contributed by atoms with Gasteiger partial charge in [-0.25, -0.2) is 4.79 Å². The predicted octanol–water partition coefficient (Wildman–Crippen LogP) is 3.02. The van der Waals surface area contributed by atoms with E-state index in [1.165, 1.54) is 12.1 Å². The summed E-state index contributed by atoms with van der Waals surface area (Å²) in [4.78, 5) is 35.2. The topological polar surface area (TPSA) is 93.7 Å². The fourth-order valence-corrected chi connectivity index (χ4v) is 2.34. The van der Waals surface area contributed by atoms with E-state index in [0.29, 0.717) is 16.3 Å². The lowest BCUT2D eigenvalue weighted by molar-refractivity contribution is -0.150. The summed E-state index contributed by atoms with van der Waals surface area (Å²) in [6.07, 6.45) is 0. The maximum atomic E-state index is 11.8. The minimum Gasteiger partial charge on any atom is -0.482 e. The van der Waals surface area contributed by atoms with Crippen LogP contribution in [0.4, 0.5) is 0 Å². The van der Waals surface area contributed by atoms with Gasteiger partial charge in [0.2, 0.25) is 0 Å². The van der Waals surface area contributed by atoms with Gasteiger partial charge in [-0.2, -0.15) is 0 Å². The zero-order chi connectivity index (χ0) is 21.4. The summed E-state index contributed by atoms with van der Waals surface area (Å²) in [5.41, 5.74) is 5.85. The minimum atomic E-state index is -0.705. The van der Waals surface area contributed by atoms with Crippen molar-refractivity contribution < 1.29 is 23.9 Å². The van der Waals surface area contributed by atoms with E-state index < -0.39 is 24.4 Å². The van der Waals surface area contributed by atoms with Crippen LogP contribution in [0.2, 0.25) is 5.02 Å². The summed E-state index contributed by atoms with van der Waals surface area (Å²) >= 11 is 5.74. The molecule has 2 N–H and O–H groups in total. The Labute approximate surface area is 174 Å². The van der Waals surface area contributed by atoms with Gasteiger partial charge in [-0.3, -0.25) is 20.4 Å². The zero-order valence-electron chi connectivity index (χ0n) is 16.5. The minimum absolute atomic E-state index is 0.0216. The number of rotatable bonds is 6. The molecule has 8 heteroatoms. The van der Waals surface area contributed by atoms with Gasteiger partial charge >= 0.3 is 5.97 Å². The fourth-order valence-electron chi connectivity index (χ4n) is 2.22. The molecule has 154 valence electrons. The van der Waals surface area contributed by atoms with Crippen molar-refractivity contribution in [2.24, 2.45) is 0 Å². The molecule has 2 rings (SSSR count). The van der Waals surface area contributed by atoms with E-state index in [2.05, 4.69) is 31.6 Å². The molecule has 0 aliphatic carbocycles. The molecule has 2 aromatic rings. The number of nitrogens with one attached hydrogen (secondary N) is 2. The molecule has 0 atom stereocenters. The van der Waals surface area contributed by atoms with Crippen molar-refractivity contribution in [3.8, 4) is 5.75 Å². The number of carbonyl (C=O) groups is 3. The van der Waals surface area contributed by atoms with Crippen LogP contribution < -0.4 is 15.6 Å². The van der Waals surface area contributed by atoms with E-state index in [1.54, 1.807) is 24.3 Å². The molecule has 0 radical (unpaired) electrons. The summed E-state index contributed by atoms with van der Waals surface area (Å²) < 4.78 is 10.2. The van der Waals surface area contributed by atoms with Gasteiger partial charge in [-0.15, -0.1) is 0 Å². The summed E-state index contributed by atoms with van der Waals surface area (Å²) in [5.74, 6) is -1.39. The van der Waals surface area contributed by atoms with Crippen molar-refractivity contribution in [1.82, 2.24) is 10.9 Å². The van der Waals surface area contributed by atoms with Crippen LogP contribution in [0.5, 0.6) is 5.75 Å². The van der Waals surface area contributed by atoms with Gasteiger partial charge in [0, 0.05) is 10.6 Å². The van der Waals surface area contributed by atoms with Crippen LogP contribution in [-0.2, 0) is 19.7 Å². The molecule has 2 aromatic carbocycles. The van der Waals surface area contributed by atoms with Crippen molar-refractivity contribution in [3.63, 3.8) is 0 Å². The lowest BCUT2D eigenvalue weighted by atomic mass is 9.87. The summed E-state index contributed by atoms with van der Waals surface area (Å²) in [7, 11) is 0. The van der Waals surface area contributed by atoms with Crippen LogP contribution in [0.15, 0.2) is 48.5 Å². The highest BCUT2D eigenvalue weighted by Gasteiger charge is 2.14. The van der Waals surface area contributed by atoms with Crippen molar-refractivity contribution in [1.29, 1.82) is 0 Å². The van der Waals surface area contributed by atoms with Crippen molar-refractivity contribution >= 4 is 29.4 Å². The fraction of sp³-hybridized carbons (Fsp3) is 0.286. The molecule has 0 fully saturated rings. The summed E-state index contributed by atoms with van der Waals surface area (Å²) in [6, 6.07) is 13.5. The number of hydrogen-bond donors (Lipinski definition) is 2. The number of amides is 2. The summed E-state index contributed by atoms with van der Waals surface area (Å²) in [6.45, 7) is 5.42. The van der Waals surface area contributed by atoms with Crippen LogP contribution in [0.25, 0.3) is 0 Å². The highest BCUT2D eigenvalue weighted by molar-refractivity contribution is 6.30. The van der Waals surface area contributed by atoms with Gasteiger partial charge < -0.3 is 9.47 Å². The number of benzene rings is 2. The second kappa shape index (κ2) is 9.93. The van der Waals surface area contributed by atoms with Crippen molar-refractivity contribution in [3.05, 3.63) is 64.7 Å². The molecule has 0 bridgehead atoms. The maximum Gasteiger partial charge on any atom is 0.344 e. The van der Waals surface area contributed by atoms with Gasteiger partial charge in [0.25, 0.3) is 11.8 Å². The summed E-state index contributed by atoms with van der Waals surface area (Å²) in [5, 5.41) is 0.491. The lowest BCUT2D eigenvalue weighted by Crippen LogP contribution is -2.43. The van der Waals surface area contributed by atoms with Crippen LogP contribution in [-0.4, -0.2) is 31.0 Å². The molecule has 29 heavy (non-hydrogen) atoms. The average molecular weight is 419 g/mol. The number of carbonyl (C=O) groups excluding carboxylic acids is 3. The van der Waals surface area contributed by atoms with E-state index in [0.717, 1.165) is 5.56 Å². The van der Waals surface area contributed by atoms with Crippen LogP contribution in [0.3, 0.4) is 0 Å². The maximum absolute atomic E-state index is 11.8. The zero-order valence-corrected chi connectivity index (χ0v) is 17.2. The number of hydrogen-bond acceptors (Lipinski definition) is 5. The Balaban J connectivity index is 1.68. The molecule has 0 aromatic heterocycles. The largest absolute Gasteiger partial charge is 0.482 e. The first kappa shape index (κ1) is 22.2. The number of esters is 1. The van der Waals surface area contributed by atoms with Crippen molar-refractivity contribution in [2.75, 3.05) is 13.2 Å². The molecular weight excluding hydrogens is 396 g/mol. The average Bonchev–Trinajstić information content (AvgIpc) is 2.69. The molecule has 0 heterocycles. The molecule has 7 nitrogen and oxygen atoms in total. The Morgan fingerprint density at radius 2 is 1.52 bits per heavy atom. The van der Waals surface area contributed by atoms with Gasteiger partial charge in [-0.05, 0) is 47.4 Å². The van der Waals surface area contributed by atoms with E-state index in [4.69, 9.17) is 21.1 Å². The Kier molecular flexibility index (Phi) is 7.61. The molecule has 0 aliphatic heterocycles. The molecule has 0 saturated carbocycles. The SMILES string of the molecule is CC(C)(C)c1ccc(OCC(=O)OCC(=O)NNC(=O)c2ccc(Cl)cc2)cc1. The highest BCUT2D eigenvalue weighted by atomic mass is 35.5. The van der Waals surface area contributed by atoms with Crippen LogP contribution >= 0.6 is 11.6 Å². The predicted molar refractivity (Wildman–Crippen MR) is 109 cm³/mol. The Morgan fingerprint density at radius 1 is 0.897 bits per heavy atom. The first-order valence-corrected chi connectivity index (χ1v) is 9.26. The van der Waals surface area contributed by atoms with Gasteiger partial charge in [0.1, 0.15) is 5.75 Å². The normalized spacial score (nSPS) is 10.8. The Bertz CT molecular complexity index is 858. The smallest absolute Gasteiger partial charge is 0.344 e. The first-order chi connectivity index (χ1) is 13.6. The van der Waals surface area contributed by atoms with Gasteiger partial charge in [0.15, 0.2) is 13.2 Å². The third-order valence-corrected chi connectivity index (χ3v) is 4.12. The standard InChI is InChI=1S/C21H23ClN2O5/c1-21(2,3)15-6-10-17(11-7-15)28-13-19(26)29-12-18(25)23-24-20(27)14-4-8-16(22)9-5-14/h4-11H,12-13H2,1-3H3,(H,23,25)(H,24,27). The van der Waals surface area contributed by atoms with E-state index in [-0.39, 0.29) is 12.0 Å². The van der Waals surface area contributed by atoms with E-state index in [9.17, 15) is 14.4 Å². The molecule has 0 unspecified atom stereocenters. The van der Waals surface area contributed by atoms with Gasteiger partial charge in [0.05, 0.1) is 0 Å². The van der Waals surface area contributed by atoms with Crippen LogP contribution in [0, 0.1) is 0 Å². The van der Waals surface area contributed by atoms with Crippen LogP contribution in [0.1, 0.15) is 36.7 Å². The quantitative estimate of drug-likeness (QED) is 0.555. The highest BCUT2D eigenvalue weighted by Crippen LogP contribution is 2.24. The molecular formula is C21H23ClN2O5. The van der Waals surface area contributed by atoms with E-state index in [1.807, 2.05) is 12.1 Å². The number of ether oxygens (including phenoxy) is 2. The number of halogens is 1. The lowest BCUT2D eigenvalue weighted by Gasteiger charge is -2.19. The first-order valence-electron chi connectivity index (χ1n) is 8.89. The third-order valence-electron chi connectivity index (χ3n) is 3.86. The van der Waals surface area contributed by atoms with Crippen molar-refractivity contribution in [2.45, 2.75) is 26.2 Å². The van der Waals surface area contributed by atoms with Gasteiger partial charge in [-0.1, -0.05) is 44.5 Å². The molecule has 0 saturated heterocycles. The Morgan fingerprint density at radius 3 is 2.10 bits per heavy atom. The third kappa shape index (κ3) is 7.46.